The summed E-state index contributed by atoms with van der Waals surface area (Å²) in [6.07, 6.45) is -0.456. The van der Waals surface area contributed by atoms with Crippen LogP contribution in [-0.4, -0.2) is 34.4 Å². The van der Waals surface area contributed by atoms with Gasteiger partial charge in [0.25, 0.3) is 5.79 Å². The fraction of sp³-hybridized carbons (Fsp3) is 0.600. The fourth-order valence-electron chi connectivity index (χ4n) is 0.707. The number of carbonyl (C=O) groups is 2. The molecule has 1 rings (SSSR count). The van der Waals surface area contributed by atoms with E-state index in [0.717, 1.165) is 0 Å². The zero-order valence-electron chi connectivity index (χ0n) is 5.03. The molecule has 1 saturated heterocycles. The highest BCUT2D eigenvalue weighted by Gasteiger charge is 2.45. The van der Waals surface area contributed by atoms with Gasteiger partial charge in [-0.25, -0.2) is 4.79 Å². The second kappa shape index (κ2) is 2.03. The Bertz CT molecular complexity index is 186. The van der Waals surface area contributed by atoms with Gasteiger partial charge in [0.05, 0.1) is 6.42 Å². The summed E-state index contributed by atoms with van der Waals surface area (Å²) in [7, 11) is 0. The zero-order valence-corrected chi connectivity index (χ0v) is 5.03. The number of aliphatic carboxylic acids is 1. The summed E-state index contributed by atoms with van der Waals surface area (Å²) in [4.78, 5) is 20.6. The monoisotopic (exact) mass is 146 g/mol. The van der Waals surface area contributed by atoms with Crippen LogP contribution < -0.4 is 0 Å². The van der Waals surface area contributed by atoms with Gasteiger partial charge in [0.1, 0.15) is 6.61 Å². The van der Waals surface area contributed by atoms with E-state index in [1.54, 1.807) is 0 Å². The molecule has 1 fully saturated rings. The quantitative estimate of drug-likeness (QED) is 0.482. The number of ketones is 1. The van der Waals surface area contributed by atoms with E-state index in [4.69, 9.17) is 10.2 Å². The summed E-state index contributed by atoms with van der Waals surface area (Å²) in [5.41, 5.74) is 0. The Morgan fingerprint density at radius 2 is 2.30 bits per heavy atom. The Balaban J connectivity index is 2.72. The van der Waals surface area contributed by atoms with Crippen molar-refractivity contribution in [2.45, 2.75) is 12.2 Å². The van der Waals surface area contributed by atoms with Gasteiger partial charge in [-0.3, -0.25) is 4.79 Å². The lowest BCUT2D eigenvalue weighted by Gasteiger charge is -2.12. The molecule has 10 heavy (non-hydrogen) atoms. The van der Waals surface area contributed by atoms with Crippen molar-refractivity contribution in [3.05, 3.63) is 0 Å². The van der Waals surface area contributed by atoms with Crippen molar-refractivity contribution in [2.75, 3.05) is 6.61 Å². The smallest absolute Gasteiger partial charge is 0.364 e. The molecule has 5 nitrogen and oxygen atoms in total. The number of hydrogen-bond donors (Lipinski definition) is 2. The van der Waals surface area contributed by atoms with E-state index in [-0.39, 0.29) is 6.61 Å². The van der Waals surface area contributed by atoms with Gasteiger partial charge in [-0.2, -0.15) is 0 Å². The van der Waals surface area contributed by atoms with Gasteiger partial charge in [0.15, 0.2) is 5.78 Å². The Morgan fingerprint density at radius 1 is 1.70 bits per heavy atom. The lowest BCUT2D eigenvalue weighted by Crippen LogP contribution is -2.37. The molecule has 2 N–H and O–H groups in total. The van der Waals surface area contributed by atoms with Crippen LogP contribution in [0.25, 0.3) is 0 Å². The molecule has 0 bridgehead atoms. The highest BCUT2D eigenvalue weighted by Crippen LogP contribution is 2.19. The van der Waals surface area contributed by atoms with Crippen LogP contribution in [-0.2, 0) is 14.3 Å². The normalized spacial score (nSPS) is 32.7. The highest BCUT2D eigenvalue weighted by atomic mass is 16.7. The summed E-state index contributed by atoms with van der Waals surface area (Å²) in [5, 5.41) is 17.2. The third kappa shape index (κ3) is 1.01. The largest absolute Gasteiger partial charge is 0.477 e. The summed E-state index contributed by atoms with van der Waals surface area (Å²) < 4.78 is 4.32. The minimum Gasteiger partial charge on any atom is -0.477 e. The molecule has 0 aromatic heterocycles. The molecule has 0 amide bonds. The fourth-order valence-corrected chi connectivity index (χ4v) is 0.707. The lowest BCUT2D eigenvalue weighted by molar-refractivity contribution is -0.206. The number of ether oxygens (including phenoxy) is 1. The maximum absolute atomic E-state index is 10.4. The molecule has 0 aliphatic carbocycles. The molecule has 1 aliphatic heterocycles. The van der Waals surface area contributed by atoms with E-state index >= 15 is 0 Å². The first-order chi connectivity index (χ1) is 4.54. The van der Waals surface area contributed by atoms with E-state index in [1.807, 2.05) is 0 Å². The molecule has 0 aromatic rings. The average Bonchev–Trinajstić information content (AvgIpc) is 2.13. The predicted octanol–water partition coefficient (Wildman–Crippen LogP) is -1.25. The molecule has 0 aromatic carbocycles. The van der Waals surface area contributed by atoms with E-state index in [2.05, 4.69) is 4.74 Å². The SMILES string of the molecule is O=C1COC(O)(C(=O)O)C1. The third-order valence-corrected chi connectivity index (χ3v) is 1.24. The molecule has 1 atom stereocenters. The Morgan fingerprint density at radius 3 is 2.50 bits per heavy atom. The van der Waals surface area contributed by atoms with E-state index in [0.29, 0.717) is 0 Å². The molecule has 56 valence electrons. The molecule has 0 radical (unpaired) electrons. The summed E-state index contributed by atoms with van der Waals surface area (Å²) in [6, 6.07) is 0. The van der Waals surface area contributed by atoms with Crippen LogP contribution in [0.15, 0.2) is 0 Å². The zero-order chi connectivity index (χ0) is 7.78. The van der Waals surface area contributed by atoms with E-state index in [1.165, 1.54) is 0 Å². The first kappa shape index (κ1) is 7.17. The van der Waals surface area contributed by atoms with Gasteiger partial charge < -0.3 is 14.9 Å². The molecular formula is C5H6O5. The van der Waals surface area contributed by atoms with Gasteiger partial charge >= 0.3 is 5.97 Å². The van der Waals surface area contributed by atoms with Gasteiger partial charge in [-0.15, -0.1) is 0 Å². The Kier molecular flexibility index (Phi) is 1.46. The summed E-state index contributed by atoms with van der Waals surface area (Å²) in [5.74, 6) is -4.18. The molecular weight excluding hydrogens is 140 g/mol. The summed E-state index contributed by atoms with van der Waals surface area (Å²) in [6.45, 7) is -0.317. The second-order valence-electron chi connectivity index (χ2n) is 2.09. The molecule has 5 heteroatoms. The van der Waals surface area contributed by atoms with Crippen molar-refractivity contribution in [3.63, 3.8) is 0 Å². The predicted molar refractivity (Wildman–Crippen MR) is 28.2 cm³/mol. The van der Waals surface area contributed by atoms with Crippen molar-refractivity contribution in [1.29, 1.82) is 0 Å². The minimum atomic E-state index is -2.27. The average molecular weight is 146 g/mol. The lowest BCUT2D eigenvalue weighted by atomic mass is 10.2. The van der Waals surface area contributed by atoms with Crippen LogP contribution in [0.5, 0.6) is 0 Å². The molecule has 1 unspecified atom stereocenters. The van der Waals surface area contributed by atoms with Gasteiger partial charge in [0.2, 0.25) is 0 Å². The van der Waals surface area contributed by atoms with Crippen LogP contribution in [0.1, 0.15) is 6.42 Å². The summed E-state index contributed by atoms with van der Waals surface area (Å²) >= 11 is 0. The minimum absolute atomic E-state index is 0.317. The second-order valence-corrected chi connectivity index (χ2v) is 2.09. The van der Waals surface area contributed by atoms with E-state index in [9.17, 15) is 9.59 Å². The molecule has 0 spiro atoms. The van der Waals surface area contributed by atoms with E-state index < -0.39 is 24.0 Å². The first-order valence-corrected chi connectivity index (χ1v) is 2.66. The van der Waals surface area contributed by atoms with Crippen molar-refractivity contribution in [1.82, 2.24) is 0 Å². The van der Waals surface area contributed by atoms with Crippen LogP contribution in [0.2, 0.25) is 0 Å². The Labute approximate surface area is 56.2 Å². The number of Topliss-reactive ketones (excluding diaryl/α,β-unsaturated/α-hetero) is 1. The van der Waals surface area contributed by atoms with Crippen LogP contribution in [0.4, 0.5) is 0 Å². The number of aliphatic hydroxyl groups is 1. The van der Waals surface area contributed by atoms with Crippen molar-refractivity contribution >= 4 is 11.8 Å². The number of rotatable bonds is 1. The standard InChI is InChI=1S/C5H6O5/c6-3-1-5(9,4(7)8)10-2-3/h9H,1-2H2,(H,7,8). The van der Waals surface area contributed by atoms with Gasteiger partial charge in [0, 0.05) is 0 Å². The molecule has 1 heterocycles. The topological polar surface area (TPSA) is 83.8 Å². The number of carboxylic acids is 1. The highest BCUT2D eigenvalue weighted by molar-refractivity contribution is 5.90. The molecule has 1 aliphatic rings. The van der Waals surface area contributed by atoms with Crippen molar-refractivity contribution < 1.29 is 24.5 Å². The number of carbonyl (C=O) groups excluding carboxylic acids is 1. The van der Waals surface area contributed by atoms with Crippen LogP contribution >= 0.6 is 0 Å². The molecule has 0 saturated carbocycles. The van der Waals surface area contributed by atoms with Crippen molar-refractivity contribution in [2.24, 2.45) is 0 Å². The third-order valence-electron chi connectivity index (χ3n) is 1.24. The first-order valence-electron chi connectivity index (χ1n) is 2.66. The number of hydrogen-bond acceptors (Lipinski definition) is 4. The van der Waals surface area contributed by atoms with Crippen LogP contribution in [0, 0.1) is 0 Å². The van der Waals surface area contributed by atoms with Crippen LogP contribution in [0.3, 0.4) is 0 Å². The maximum Gasteiger partial charge on any atom is 0.364 e. The van der Waals surface area contributed by atoms with Crippen molar-refractivity contribution in [3.8, 4) is 0 Å². The Hall–Kier alpha value is -0.940. The maximum atomic E-state index is 10.4. The number of carboxylic acid groups (broad SMARTS) is 1. The van der Waals surface area contributed by atoms with Gasteiger partial charge in [-0.1, -0.05) is 0 Å². The van der Waals surface area contributed by atoms with Gasteiger partial charge in [-0.05, 0) is 0 Å².